The lowest BCUT2D eigenvalue weighted by atomic mass is 9.93. The summed E-state index contributed by atoms with van der Waals surface area (Å²) < 4.78 is 16.0. The van der Waals surface area contributed by atoms with Crippen molar-refractivity contribution in [1.82, 2.24) is 0 Å². The SMILES string of the molecule is C/C=C(/COCC1CO1)C(C)c1ccc(OC)cc1. The first-order chi connectivity index (χ1) is 9.24. The fourth-order valence-electron chi connectivity index (χ4n) is 2.04. The van der Waals surface area contributed by atoms with Crippen molar-refractivity contribution < 1.29 is 14.2 Å². The quantitative estimate of drug-likeness (QED) is 0.558. The van der Waals surface area contributed by atoms with Crippen LogP contribution in [0.3, 0.4) is 0 Å². The third kappa shape index (κ3) is 4.08. The summed E-state index contributed by atoms with van der Waals surface area (Å²) in [6.07, 6.45) is 2.47. The van der Waals surface area contributed by atoms with E-state index in [1.807, 2.05) is 12.1 Å². The predicted molar refractivity (Wildman–Crippen MR) is 75.7 cm³/mol. The summed E-state index contributed by atoms with van der Waals surface area (Å²) in [6.45, 7) is 6.48. The minimum atomic E-state index is 0.328. The fraction of sp³-hybridized carbons (Fsp3) is 0.500. The molecule has 0 saturated carbocycles. The first kappa shape index (κ1) is 14.1. The van der Waals surface area contributed by atoms with Gasteiger partial charge in [-0.2, -0.15) is 0 Å². The molecule has 1 fully saturated rings. The molecule has 1 aliphatic heterocycles. The molecule has 0 N–H and O–H groups in total. The lowest BCUT2D eigenvalue weighted by Crippen LogP contribution is -2.09. The minimum absolute atomic E-state index is 0.328. The minimum Gasteiger partial charge on any atom is -0.497 e. The van der Waals surface area contributed by atoms with E-state index in [-0.39, 0.29) is 0 Å². The first-order valence-electron chi connectivity index (χ1n) is 6.73. The van der Waals surface area contributed by atoms with Crippen molar-refractivity contribution in [1.29, 1.82) is 0 Å². The second-order valence-corrected chi connectivity index (χ2v) is 4.83. The Bertz CT molecular complexity index is 418. The van der Waals surface area contributed by atoms with E-state index in [0.717, 1.165) is 12.4 Å². The van der Waals surface area contributed by atoms with Gasteiger partial charge < -0.3 is 14.2 Å². The lowest BCUT2D eigenvalue weighted by Gasteiger charge is -2.17. The molecule has 1 aromatic carbocycles. The maximum atomic E-state index is 5.68. The molecule has 0 radical (unpaired) electrons. The Hall–Kier alpha value is -1.32. The summed E-state index contributed by atoms with van der Waals surface area (Å²) in [5.74, 6) is 1.25. The van der Waals surface area contributed by atoms with Gasteiger partial charge in [0, 0.05) is 5.92 Å². The van der Waals surface area contributed by atoms with Gasteiger partial charge in [-0.15, -0.1) is 0 Å². The summed E-state index contributed by atoms with van der Waals surface area (Å²) in [6, 6.07) is 8.21. The van der Waals surface area contributed by atoms with Crippen molar-refractivity contribution in [2.75, 3.05) is 26.9 Å². The van der Waals surface area contributed by atoms with Gasteiger partial charge in [0.2, 0.25) is 0 Å². The standard InChI is InChI=1S/C16H22O3/c1-4-13(9-18-10-16-11-19-16)12(2)14-5-7-15(17-3)8-6-14/h4-8,12,16H,9-11H2,1-3H3/b13-4-. The highest BCUT2D eigenvalue weighted by Gasteiger charge is 2.22. The van der Waals surface area contributed by atoms with Gasteiger partial charge in [-0.3, -0.25) is 0 Å². The van der Waals surface area contributed by atoms with E-state index in [1.54, 1.807) is 7.11 Å². The third-order valence-electron chi connectivity index (χ3n) is 3.52. The van der Waals surface area contributed by atoms with Crippen molar-refractivity contribution >= 4 is 0 Å². The van der Waals surface area contributed by atoms with Crippen LogP contribution in [0.2, 0.25) is 0 Å². The van der Waals surface area contributed by atoms with Gasteiger partial charge in [-0.05, 0) is 30.2 Å². The molecule has 1 aliphatic rings. The Morgan fingerprint density at radius 1 is 1.42 bits per heavy atom. The van der Waals surface area contributed by atoms with E-state index < -0.39 is 0 Å². The molecule has 0 aromatic heterocycles. The smallest absolute Gasteiger partial charge is 0.118 e. The number of allylic oxidation sites excluding steroid dienone is 1. The number of epoxide rings is 1. The van der Waals surface area contributed by atoms with Crippen molar-refractivity contribution in [3.05, 3.63) is 41.5 Å². The van der Waals surface area contributed by atoms with Gasteiger partial charge in [0.1, 0.15) is 11.9 Å². The third-order valence-corrected chi connectivity index (χ3v) is 3.52. The molecule has 19 heavy (non-hydrogen) atoms. The number of methoxy groups -OCH3 is 1. The summed E-state index contributed by atoms with van der Waals surface area (Å²) >= 11 is 0. The first-order valence-corrected chi connectivity index (χ1v) is 6.73. The molecule has 2 unspecified atom stereocenters. The van der Waals surface area contributed by atoms with Crippen LogP contribution < -0.4 is 4.74 Å². The van der Waals surface area contributed by atoms with Crippen molar-refractivity contribution in [2.45, 2.75) is 25.9 Å². The zero-order valence-electron chi connectivity index (χ0n) is 11.9. The van der Waals surface area contributed by atoms with Gasteiger partial charge >= 0.3 is 0 Å². The van der Waals surface area contributed by atoms with Crippen LogP contribution in [0.15, 0.2) is 35.9 Å². The van der Waals surface area contributed by atoms with E-state index in [1.165, 1.54) is 11.1 Å². The largest absolute Gasteiger partial charge is 0.497 e. The van der Waals surface area contributed by atoms with Crippen molar-refractivity contribution in [3.63, 3.8) is 0 Å². The molecule has 1 saturated heterocycles. The number of benzene rings is 1. The van der Waals surface area contributed by atoms with Gasteiger partial charge in [0.25, 0.3) is 0 Å². The molecular weight excluding hydrogens is 240 g/mol. The molecule has 104 valence electrons. The van der Waals surface area contributed by atoms with Crippen LogP contribution in [0.25, 0.3) is 0 Å². The summed E-state index contributed by atoms with van der Waals surface area (Å²) in [7, 11) is 1.68. The number of hydrogen-bond acceptors (Lipinski definition) is 3. The molecule has 0 amide bonds. The summed E-state index contributed by atoms with van der Waals surface area (Å²) in [5, 5.41) is 0. The highest BCUT2D eigenvalue weighted by molar-refractivity contribution is 5.33. The van der Waals surface area contributed by atoms with E-state index >= 15 is 0 Å². The molecule has 1 heterocycles. The van der Waals surface area contributed by atoms with Gasteiger partial charge in [-0.1, -0.05) is 25.1 Å². The molecule has 2 atom stereocenters. The number of rotatable bonds is 7. The molecule has 3 heteroatoms. The van der Waals surface area contributed by atoms with Crippen molar-refractivity contribution in [3.8, 4) is 5.75 Å². The molecule has 3 nitrogen and oxygen atoms in total. The molecule has 0 spiro atoms. The van der Waals surface area contributed by atoms with Gasteiger partial charge in [0.05, 0.1) is 26.9 Å². The monoisotopic (exact) mass is 262 g/mol. The number of ether oxygens (including phenoxy) is 3. The Morgan fingerprint density at radius 3 is 2.63 bits per heavy atom. The van der Waals surface area contributed by atoms with Crippen molar-refractivity contribution in [2.24, 2.45) is 0 Å². The van der Waals surface area contributed by atoms with Gasteiger partial charge in [-0.25, -0.2) is 0 Å². The summed E-state index contributed by atoms with van der Waals surface area (Å²) in [4.78, 5) is 0. The Kier molecular flexibility index (Phi) is 5.00. The molecular formula is C16H22O3. The number of hydrogen-bond donors (Lipinski definition) is 0. The Morgan fingerprint density at radius 2 is 2.11 bits per heavy atom. The lowest BCUT2D eigenvalue weighted by molar-refractivity contribution is 0.133. The van der Waals surface area contributed by atoms with Crippen LogP contribution >= 0.6 is 0 Å². The Balaban J connectivity index is 1.91. The Labute approximate surface area is 115 Å². The molecule has 1 aromatic rings. The maximum Gasteiger partial charge on any atom is 0.118 e. The topological polar surface area (TPSA) is 31.0 Å². The highest BCUT2D eigenvalue weighted by atomic mass is 16.6. The average molecular weight is 262 g/mol. The average Bonchev–Trinajstić information content (AvgIpc) is 3.27. The van der Waals surface area contributed by atoms with Crippen LogP contribution in [-0.2, 0) is 9.47 Å². The van der Waals surface area contributed by atoms with Crippen LogP contribution in [-0.4, -0.2) is 33.0 Å². The zero-order chi connectivity index (χ0) is 13.7. The van der Waals surface area contributed by atoms with Crippen LogP contribution in [0.1, 0.15) is 25.3 Å². The molecule has 2 rings (SSSR count). The molecule has 0 aliphatic carbocycles. The highest BCUT2D eigenvalue weighted by Crippen LogP contribution is 2.26. The van der Waals surface area contributed by atoms with E-state index in [2.05, 4.69) is 32.1 Å². The van der Waals surface area contributed by atoms with Crippen LogP contribution in [0, 0.1) is 0 Å². The predicted octanol–water partition coefficient (Wildman–Crippen LogP) is 3.16. The maximum absolute atomic E-state index is 5.68. The summed E-state index contributed by atoms with van der Waals surface area (Å²) in [5.41, 5.74) is 2.57. The zero-order valence-corrected chi connectivity index (χ0v) is 11.9. The second-order valence-electron chi connectivity index (χ2n) is 4.83. The fourth-order valence-corrected chi connectivity index (χ4v) is 2.04. The van der Waals surface area contributed by atoms with Crippen LogP contribution in [0.5, 0.6) is 5.75 Å². The van der Waals surface area contributed by atoms with E-state index in [9.17, 15) is 0 Å². The van der Waals surface area contributed by atoms with Crippen LogP contribution in [0.4, 0.5) is 0 Å². The van der Waals surface area contributed by atoms with E-state index in [0.29, 0.717) is 25.2 Å². The normalized spacial score (nSPS) is 20.2. The second kappa shape index (κ2) is 6.73. The van der Waals surface area contributed by atoms with E-state index in [4.69, 9.17) is 14.2 Å². The molecule has 0 bridgehead atoms. The van der Waals surface area contributed by atoms with Gasteiger partial charge in [0.15, 0.2) is 0 Å².